The summed E-state index contributed by atoms with van der Waals surface area (Å²) in [4.78, 5) is 2.35. The van der Waals surface area contributed by atoms with E-state index < -0.39 is 0 Å². The van der Waals surface area contributed by atoms with Crippen LogP contribution in [0.2, 0.25) is 0 Å². The molecule has 13 rings (SSSR count). The van der Waals surface area contributed by atoms with Crippen LogP contribution in [0.3, 0.4) is 0 Å². The number of rotatable bonds is 6. The number of nitrogens with zero attached hydrogens (tertiary/aromatic N) is 2. The monoisotopic (exact) mass is 802 g/mol. The Kier molecular flexibility index (Phi) is 7.91. The maximum absolute atomic E-state index is 6.74. The molecule has 13 aromatic rings. The van der Waals surface area contributed by atoms with Crippen molar-refractivity contribution in [2.24, 2.45) is 0 Å². The number of furan rings is 1. The van der Waals surface area contributed by atoms with Crippen LogP contribution in [0.4, 0.5) is 17.1 Å². The van der Waals surface area contributed by atoms with E-state index in [-0.39, 0.29) is 0 Å². The molecule has 63 heavy (non-hydrogen) atoms. The largest absolute Gasteiger partial charge is 0.455 e. The zero-order valence-electron chi connectivity index (χ0n) is 34.2. The van der Waals surface area contributed by atoms with E-state index in [0.29, 0.717) is 0 Å². The predicted molar refractivity (Wildman–Crippen MR) is 266 cm³/mol. The molecule has 3 heteroatoms. The van der Waals surface area contributed by atoms with Crippen LogP contribution in [0.25, 0.3) is 104 Å². The SMILES string of the molecule is c1cc(-c2ccc3c(ccc4ccccc43)c2)cc(N(c2ccc(-c3cccc(-n4c5ccccc5c5ccccc54)c3)cc2)c2ccc3c(c2)oc2c4ccccc4ccc32)c1. The summed E-state index contributed by atoms with van der Waals surface area (Å²) >= 11 is 0. The van der Waals surface area contributed by atoms with Crippen LogP contribution in [0.5, 0.6) is 0 Å². The molecule has 11 aromatic carbocycles. The Labute approximate surface area is 363 Å². The van der Waals surface area contributed by atoms with E-state index >= 15 is 0 Å². The van der Waals surface area contributed by atoms with E-state index in [9.17, 15) is 0 Å². The summed E-state index contributed by atoms with van der Waals surface area (Å²) in [7, 11) is 0. The minimum absolute atomic E-state index is 0.861. The third-order valence-corrected chi connectivity index (χ3v) is 12.9. The molecule has 0 fully saturated rings. The molecule has 2 heterocycles. The lowest BCUT2D eigenvalue weighted by Gasteiger charge is -2.26. The average molecular weight is 803 g/mol. The van der Waals surface area contributed by atoms with Gasteiger partial charge < -0.3 is 13.9 Å². The summed E-state index contributed by atoms with van der Waals surface area (Å²) in [5, 5.41) is 12.1. The molecule has 0 N–H and O–H groups in total. The van der Waals surface area contributed by atoms with Gasteiger partial charge >= 0.3 is 0 Å². The second-order valence-electron chi connectivity index (χ2n) is 16.5. The van der Waals surface area contributed by atoms with Gasteiger partial charge in [0.25, 0.3) is 0 Å². The molecular weight excluding hydrogens is 765 g/mol. The van der Waals surface area contributed by atoms with Gasteiger partial charge in [-0.1, -0.05) is 152 Å². The molecule has 0 aliphatic carbocycles. The zero-order valence-corrected chi connectivity index (χ0v) is 34.2. The molecule has 0 aliphatic heterocycles. The fourth-order valence-corrected chi connectivity index (χ4v) is 9.92. The second-order valence-corrected chi connectivity index (χ2v) is 16.5. The highest BCUT2D eigenvalue weighted by Crippen LogP contribution is 2.42. The molecule has 0 atom stereocenters. The lowest BCUT2D eigenvalue weighted by Crippen LogP contribution is -2.10. The number of anilines is 3. The average Bonchev–Trinajstić information content (AvgIpc) is 3.90. The first-order valence-electron chi connectivity index (χ1n) is 21.6. The van der Waals surface area contributed by atoms with Crippen LogP contribution >= 0.6 is 0 Å². The number of aromatic nitrogens is 1. The van der Waals surface area contributed by atoms with Gasteiger partial charge in [-0.05, 0) is 122 Å². The fraction of sp³-hybridized carbons (Fsp3) is 0. The Hall–Kier alpha value is -8.40. The summed E-state index contributed by atoms with van der Waals surface area (Å²) in [6, 6.07) is 83.5. The number of hydrogen-bond donors (Lipinski definition) is 0. The smallest absolute Gasteiger partial charge is 0.143 e. The summed E-state index contributed by atoms with van der Waals surface area (Å²) < 4.78 is 9.12. The van der Waals surface area contributed by atoms with Crippen LogP contribution in [0.1, 0.15) is 0 Å². The van der Waals surface area contributed by atoms with Gasteiger partial charge in [0.2, 0.25) is 0 Å². The van der Waals surface area contributed by atoms with Crippen LogP contribution in [-0.4, -0.2) is 4.57 Å². The molecule has 0 aliphatic rings. The van der Waals surface area contributed by atoms with Gasteiger partial charge in [-0.15, -0.1) is 0 Å². The Morgan fingerprint density at radius 1 is 0.302 bits per heavy atom. The van der Waals surface area contributed by atoms with E-state index in [2.05, 4.69) is 240 Å². The van der Waals surface area contributed by atoms with Gasteiger partial charge in [0.05, 0.1) is 11.0 Å². The molecular formula is C60H38N2O. The van der Waals surface area contributed by atoms with Crippen molar-refractivity contribution in [1.29, 1.82) is 0 Å². The van der Waals surface area contributed by atoms with Crippen LogP contribution < -0.4 is 4.90 Å². The fourth-order valence-electron chi connectivity index (χ4n) is 9.92. The quantitative estimate of drug-likeness (QED) is 0.156. The molecule has 0 bridgehead atoms. The van der Waals surface area contributed by atoms with Crippen molar-refractivity contribution in [2.45, 2.75) is 0 Å². The first-order chi connectivity index (χ1) is 31.2. The summed E-state index contributed by atoms with van der Waals surface area (Å²) in [5.41, 5.74) is 13.1. The molecule has 0 radical (unpaired) electrons. The third-order valence-electron chi connectivity index (χ3n) is 12.9. The summed E-state index contributed by atoms with van der Waals surface area (Å²) in [6.07, 6.45) is 0. The van der Waals surface area contributed by atoms with E-state index in [0.717, 1.165) is 66.8 Å². The molecule has 0 spiro atoms. The summed E-state index contributed by atoms with van der Waals surface area (Å²) in [5.74, 6) is 0. The van der Waals surface area contributed by atoms with Crippen molar-refractivity contribution < 1.29 is 4.42 Å². The standard InChI is InChI=1S/C60H38N2O/c1-3-17-50-40(11-1)23-24-45-35-44(28-32-51(45)50)43-14-10-15-47(37-43)61(49-31-34-55-56-33-27-41-12-2-4-18-52(41)60(56)63-59(55)38-49)46-29-25-39(26-30-46)42-13-9-16-48(36-42)62-57-21-7-5-19-53(57)54-20-6-8-22-58(54)62/h1-38H. The van der Waals surface area contributed by atoms with Crippen LogP contribution in [0, 0.1) is 0 Å². The second kappa shape index (κ2) is 14.1. The molecule has 0 amide bonds. The van der Waals surface area contributed by atoms with Crippen molar-refractivity contribution in [3.8, 4) is 27.9 Å². The highest BCUT2D eigenvalue weighted by molar-refractivity contribution is 6.16. The Morgan fingerprint density at radius 3 is 1.63 bits per heavy atom. The van der Waals surface area contributed by atoms with E-state index in [4.69, 9.17) is 4.42 Å². The highest BCUT2D eigenvalue weighted by atomic mass is 16.3. The number of fused-ring (bicyclic) bond motifs is 11. The molecule has 0 saturated heterocycles. The molecule has 0 saturated carbocycles. The topological polar surface area (TPSA) is 21.3 Å². The van der Waals surface area contributed by atoms with Crippen LogP contribution in [0.15, 0.2) is 235 Å². The maximum Gasteiger partial charge on any atom is 0.143 e. The van der Waals surface area contributed by atoms with Gasteiger partial charge in [-0.3, -0.25) is 0 Å². The highest BCUT2D eigenvalue weighted by Gasteiger charge is 2.18. The van der Waals surface area contributed by atoms with E-state index in [1.807, 2.05) is 0 Å². The minimum atomic E-state index is 0.861. The first kappa shape index (κ1) is 35.4. The zero-order chi connectivity index (χ0) is 41.4. The molecule has 3 nitrogen and oxygen atoms in total. The van der Waals surface area contributed by atoms with E-state index in [1.54, 1.807) is 0 Å². The van der Waals surface area contributed by atoms with Gasteiger partial charge in [0, 0.05) is 55.7 Å². The lowest BCUT2D eigenvalue weighted by atomic mass is 9.97. The number of para-hydroxylation sites is 2. The third kappa shape index (κ3) is 5.75. The van der Waals surface area contributed by atoms with Crippen molar-refractivity contribution in [3.63, 3.8) is 0 Å². The Bertz CT molecular complexity index is 3870. The Balaban J connectivity index is 0.931. The number of hydrogen-bond acceptors (Lipinski definition) is 2. The van der Waals surface area contributed by atoms with Gasteiger partial charge in [0.15, 0.2) is 0 Å². The molecule has 294 valence electrons. The number of benzene rings is 11. The molecule has 2 aromatic heterocycles. The first-order valence-corrected chi connectivity index (χ1v) is 21.6. The summed E-state index contributed by atoms with van der Waals surface area (Å²) in [6.45, 7) is 0. The van der Waals surface area contributed by atoms with Crippen molar-refractivity contribution in [2.75, 3.05) is 4.90 Å². The lowest BCUT2D eigenvalue weighted by molar-refractivity contribution is 0.672. The van der Waals surface area contributed by atoms with E-state index in [1.165, 1.54) is 54.3 Å². The van der Waals surface area contributed by atoms with Crippen molar-refractivity contribution >= 4 is 93.1 Å². The van der Waals surface area contributed by atoms with Crippen molar-refractivity contribution in [3.05, 3.63) is 231 Å². The van der Waals surface area contributed by atoms with Crippen LogP contribution in [-0.2, 0) is 0 Å². The Morgan fingerprint density at radius 2 is 0.841 bits per heavy atom. The van der Waals surface area contributed by atoms with Gasteiger partial charge in [0.1, 0.15) is 11.2 Å². The maximum atomic E-state index is 6.74. The predicted octanol–water partition coefficient (Wildman–Crippen LogP) is 16.9. The normalized spacial score (nSPS) is 11.8. The van der Waals surface area contributed by atoms with Gasteiger partial charge in [-0.25, -0.2) is 0 Å². The minimum Gasteiger partial charge on any atom is -0.455 e. The molecule has 0 unspecified atom stereocenters. The van der Waals surface area contributed by atoms with Gasteiger partial charge in [-0.2, -0.15) is 0 Å². The van der Waals surface area contributed by atoms with Crippen molar-refractivity contribution in [1.82, 2.24) is 4.57 Å².